The van der Waals surface area contributed by atoms with Gasteiger partial charge < -0.3 is 4.42 Å². The largest absolute Gasteiger partial charge is 0.467 e. The predicted molar refractivity (Wildman–Crippen MR) is 52.3 cm³/mol. The van der Waals surface area contributed by atoms with Crippen LogP contribution in [0.5, 0.6) is 0 Å². The number of hydrogen-bond donors (Lipinski definition) is 0. The molecule has 0 aromatic carbocycles. The predicted octanol–water partition coefficient (Wildman–Crippen LogP) is 1.70. The molecule has 0 aliphatic carbocycles. The van der Waals surface area contributed by atoms with E-state index in [0.717, 1.165) is 17.9 Å². The summed E-state index contributed by atoms with van der Waals surface area (Å²) in [5, 5.41) is 7.93. The van der Waals surface area contributed by atoms with Gasteiger partial charge in [-0.3, -0.25) is 0 Å². The van der Waals surface area contributed by atoms with Crippen LogP contribution < -0.4 is 0 Å². The summed E-state index contributed by atoms with van der Waals surface area (Å²) >= 11 is 5.59. The first-order valence-electron chi connectivity index (χ1n) is 4.36. The number of nitrogens with zero attached hydrogens (tertiary/aromatic N) is 3. The summed E-state index contributed by atoms with van der Waals surface area (Å²) in [5.74, 6) is 1.44. The highest BCUT2D eigenvalue weighted by Gasteiger charge is 2.01. The molecule has 0 N–H and O–H groups in total. The van der Waals surface area contributed by atoms with E-state index in [2.05, 4.69) is 10.3 Å². The number of rotatable bonds is 4. The Kier molecular flexibility index (Phi) is 2.84. The molecule has 5 heteroatoms. The number of aryl methyl sites for hydroxylation is 1. The number of aromatic nitrogens is 3. The van der Waals surface area contributed by atoms with E-state index in [1.54, 1.807) is 10.9 Å². The van der Waals surface area contributed by atoms with Crippen LogP contribution in [0.4, 0.5) is 0 Å². The second kappa shape index (κ2) is 4.28. The number of halogens is 1. The Balaban J connectivity index is 2.03. The van der Waals surface area contributed by atoms with Crippen LogP contribution in [-0.2, 0) is 13.0 Å². The van der Waals surface area contributed by atoms with Crippen LogP contribution in [0.15, 0.2) is 29.0 Å². The lowest BCUT2D eigenvalue weighted by Gasteiger charge is -1.94. The van der Waals surface area contributed by atoms with Gasteiger partial charge in [-0.25, -0.2) is 4.68 Å². The van der Waals surface area contributed by atoms with Crippen molar-refractivity contribution < 1.29 is 4.42 Å². The van der Waals surface area contributed by atoms with Gasteiger partial charge in [0.25, 0.3) is 0 Å². The summed E-state index contributed by atoms with van der Waals surface area (Å²) in [6, 6.07) is 3.76. The third-order valence-corrected chi connectivity index (χ3v) is 2.02. The van der Waals surface area contributed by atoms with Crippen LogP contribution in [0.3, 0.4) is 0 Å². The van der Waals surface area contributed by atoms with E-state index in [4.69, 9.17) is 16.0 Å². The Morgan fingerprint density at radius 2 is 2.43 bits per heavy atom. The highest BCUT2D eigenvalue weighted by atomic mass is 35.5. The van der Waals surface area contributed by atoms with Crippen molar-refractivity contribution >= 4 is 11.6 Å². The molecular formula is C9H10ClN3O. The molecular weight excluding hydrogens is 202 g/mol. The van der Waals surface area contributed by atoms with E-state index in [0.29, 0.717) is 12.4 Å². The molecule has 4 nitrogen and oxygen atoms in total. The second-order valence-electron chi connectivity index (χ2n) is 2.93. The van der Waals surface area contributed by atoms with Gasteiger partial charge in [-0.15, -0.1) is 16.7 Å². The minimum absolute atomic E-state index is 0.569. The van der Waals surface area contributed by atoms with Crippen LogP contribution in [-0.4, -0.2) is 20.9 Å². The number of hydrogen-bond acceptors (Lipinski definition) is 3. The van der Waals surface area contributed by atoms with Gasteiger partial charge >= 0.3 is 0 Å². The molecule has 0 amide bonds. The van der Waals surface area contributed by atoms with Gasteiger partial charge in [-0.1, -0.05) is 5.21 Å². The average molecular weight is 212 g/mol. The van der Waals surface area contributed by atoms with Crippen molar-refractivity contribution in [3.05, 3.63) is 36.0 Å². The zero-order chi connectivity index (χ0) is 9.80. The topological polar surface area (TPSA) is 43.9 Å². The van der Waals surface area contributed by atoms with Gasteiger partial charge in [0.2, 0.25) is 0 Å². The number of furan rings is 1. The van der Waals surface area contributed by atoms with Crippen LogP contribution in [0.2, 0.25) is 0 Å². The molecule has 2 aromatic heterocycles. The molecule has 2 heterocycles. The van der Waals surface area contributed by atoms with E-state index < -0.39 is 0 Å². The fourth-order valence-corrected chi connectivity index (χ4v) is 1.38. The SMILES string of the molecule is ClCCc1cn(Cc2ccco2)nn1. The number of alkyl halides is 1. The summed E-state index contributed by atoms with van der Waals surface area (Å²) in [4.78, 5) is 0. The first-order valence-corrected chi connectivity index (χ1v) is 4.89. The summed E-state index contributed by atoms with van der Waals surface area (Å²) in [5.41, 5.74) is 0.909. The fraction of sp³-hybridized carbons (Fsp3) is 0.333. The van der Waals surface area contributed by atoms with Gasteiger partial charge in [-0.2, -0.15) is 0 Å². The normalized spacial score (nSPS) is 10.6. The lowest BCUT2D eigenvalue weighted by Crippen LogP contribution is -1.98. The van der Waals surface area contributed by atoms with Crippen molar-refractivity contribution in [1.29, 1.82) is 0 Å². The lowest BCUT2D eigenvalue weighted by molar-refractivity contribution is 0.475. The molecule has 0 atom stereocenters. The summed E-state index contributed by atoms with van der Waals surface area (Å²) in [6.45, 7) is 0.613. The maximum atomic E-state index is 5.59. The molecule has 0 saturated heterocycles. The van der Waals surface area contributed by atoms with E-state index in [1.807, 2.05) is 18.3 Å². The van der Waals surface area contributed by atoms with Crippen molar-refractivity contribution in [2.45, 2.75) is 13.0 Å². The summed E-state index contributed by atoms with van der Waals surface area (Å²) in [6.07, 6.45) is 4.27. The third-order valence-electron chi connectivity index (χ3n) is 1.83. The van der Waals surface area contributed by atoms with Crippen molar-refractivity contribution in [3.63, 3.8) is 0 Å². The summed E-state index contributed by atoms with van der Waals surface area (Å²) < 4.78 is 6.93. The third kappa shape index (κ3) is 2.14. The quantitative estimate of drug-likeness (QED) is 0.723. The Labute approximate surface area is 86.5 Å². The average Bonchev–Trinajstić information content (AvgIpc) is 2.79. The first kappa shape index (κ1) is 9.27. The Morgan fingerprint density at radius 1 is 1.50 bits per heavy atom. The smallest absolute Gasteiger partial charge is 0.125 e. The summed E-state index contributed by atoms with van der Waals surface area (Å²) in [7, 11) is 0. The van der Waals surface area contributed by atoms with Gasteiger partial charge in [0.1, 0.15) is 12.3 Å². The van der Waals surface area contributed by atoms with Crippen LogP contribution in [0, 0.1) is 0 Å². The Hall–Kier alpha value is -1.29. The molecule has 0 unspecified atom stereocenters. The van der Waals surface area contributed by atoms with Gasteiger partial charge in [0, 0.05) is 18.5 Å². The van der Waals surface area contributed by atoms with Gasteiger partial charge in [0.05, 0.1) is 12.0 Å². The zero-order valence-corrected chi connectivity index (χ0v) is 8.31. The molecule has 0 aliphatic heterocycles. The minimum Gasteiger partial charge on any atom is -0.467 e. The van der Waals surface area contributed by atoms with E-state index in [1.165, 1.54) is 0 Å². The molecule has 0 saturated carbocycles. The monoisotopic (exact) mass is 211 g/mol. The van der Waals surface area contributed by atoms with Crippen LogP contribution >= 0.6 is 11.6 Å². The zero-order valence-electron chi connectivity index (χ0n) is 7.56. The maximum absolute atomic E-state index is 5.59. The standard InChI is InChI=1S/C9H10ClN3O/c10-4-3-8-6-13(12-11-8)7-9-2-1-5-14-9/h1-2,5-6H,3-4,7H2. The first-order chi connectivity index (χ1) is 6.88. The second-order valence-corrected chi connectivity index (χ2v) is 3.30. The van der Waals surface area contributed by atoms with Gasteiger partial charge in [0.15, 0.2) is 0 Å². The lowest BCUT2D eigenvalue weighted by atomic mass is 10.4. The molecule has 2 aromatic rings. The van der Waals surface area contributed by atoms with Crippen LogP contribution in [0.25, 0.3) is 0 Å². The molecule has 0 fully saturated rings. The Morgan fingerprint density at radius 3 is 3.14 bits per heavy atom. The van der Waals surface area contributed by atoms with Crippen LogP contribution in [0.1, 0.15) is 11.5 Å². The van der Waals surface area contributed by atoms with E-state index in [9.17, 15) is 0 Å². The molecule has 14 heavy (non-hydrogen) atoms. The van der Waals surface area contributed by atoms with Crippen molar-refractivity contribution in [1.82, 2.24) is 15.0 Å². The molecule has 2 rings (SSSR count). The van der Waals surface area contributed by atoms with E-state index >= 15 is 0 Å². The highest BCUT2D eigenvalue weighted by molar-refractivity contribution is 6.17. The minimum atomic E-state index is 0.569. The van der Waals surface area contributed by atoms with Crippen molar-refractivity contribution in [2.75, 3.05) is 5.88 Å². The van der Waals surface area contributed by atoms with Gasteiger partial charge in [-0.05, 0) is 12.1 Å². The fourth-order valence-electron chi connectivity index (χ4n) is 1.19. The Bertz CT molecular complexity index is 382. The van der Waals surface area contributed by atoms with E-state index in [-0.39, 0.29) is 0 Å². The maximum Gasteiger partial charge on any atom is 0.125 e. The highest BCUT2D eigenvalue weighted by Crippen LogP contribution is 2.03. The van der Waals surface area contributed by atoms with Crippen molar-refractivity contribution in [3.8, 4) is 0 Å². The van der Waals surface area contributed by atoms with Crippen molar-refractivity contribution in [2.24, 2.45) is 0 Å². The molecule has 74 valence electrons. The molecule has 0 radical (unpaired) electrons. The molecule has 0 spiro atoms. The molecule has 0 bridgehead atoms. The molecule has 0 aliphatic rings.